The molecule has 0 saturated carbocycles. The van der Waals surface area contributed by atoms with Crippen LogP contribution < -0.4 is 10.1 Å². The number of H-pyrrole nitrogens is 1. The Bertz CT molecular complexity index is 496. The Balaban J connectivity index is 2.16. The molecule has 0 bridgehead atoms. The summed E-state index contributed by atoms with van der Waals surface area (Å²) in [6, 6.07) is 8.55. The van der Waals surface area contributed by atoms with Crippen molar-refractivity contribution in [3.05, 3.63) is 48.0 Å². The van der Waals surface area contributed by atoms with Gasteiger partial charge in [0.05, 0.1) is 13.2 Å². The highest BCUT2D eigenvalue weighted by Gasteiger charge is 2.17. The van der Waals surface area contributed by atoms with Crippen LogP contribution in [0.25, 0.3) is 0 Å². The summed E-state index contributed by atoms with van der Waals surface area (Å²) in [5.74, 6) is 1.88. The molecule has 4 nitrogen and oxygen atoms in total. The van der Waals surface area contributed by atoms with Crippen LogP contribution >= 0.6 is 0 Å². The molecule has 2 unspecified atom stereocenters. The molecule has 102 valence electrons. The zero-order valence-corrected chi connectivity index (χ0v) is 11.7. The van der Waals surface area contributed by atoms with Crippen LogP contribution in [-0.2, 0) is 0 Å². The van der Waals surface area contributed by atoms with Gasteiger partial charge in [-0.15, -0.1) is 0 Å². The van der Waals surface area contributed by atoms with Crippen molar-refractivity contribution in [1.29, 1.82) is 0 Å². The van der Waals surface area contributed by atoms with Crippen molar-refractivity contribution in [2.24, 2.45) is 0 Å². The lowest BCUT2D eigenvalue weighted by Gasteiger charge is -2.23. The fourth-order valence-corrected chi connectivity index (χ4v) is 2.28. The Kier molecular flexibility index (Phi) is 4.58. The number of aromatic amines is 1. The third-order valence-corrected chi connectivity index (χ3v) is 3.30. The first-order valence-corrected chi connectivity index (χ1v) is 6.64. The number of benzene rings is 1. The minimum atomic E-state index is 0.171. The van der Waals surface area contributed by atoms with Crippen molar-refractivity contribution in [3.63, 3.8) is 0 Å². The summed E-state index contributed by atoms with van der Waals surface area (Å²) in [4.78, 5) is 7.43. The largest absolute Gasteiger partial charge is 0.496 e. The van der Waals surface area contributed by atoms with E-state index in [-0.39, 0.29) is 12.1 Å². The molecule has 2 N–H and O–H groups in total. The summed E-state index contributed by atoms with van der Waals surface area (Å²) in [6.07, 6.45) is 4.61. The van der Waals surface area contributed by atoms with Gasteiger partial charge < -0.3 is 15.0 Å². The molecule has 2 atom stereocenters. The van der Waals surface area contributed by atoms with E-state index in [1.54, 1.807) is 13.3 Å². The highest BCUT2D eigenvalue weighted by molar-refractivity contribution is 5.35. The van der Waals surface area contributed by atoms with Gasteiger partial charge in [0, 0.05) is 24.0 Å². The number of ether oxygens (including phenoxy) is 1. The molecule has 0 aliphatic rings. The van der Waals surface area contributed by atoms with E-state index in [1.165, 1.54) is 5.56 Å². The summed E-state index contributed by atoms with van der Waals surface area (Å²) >= 11 is 0. The van der Waals surface area contributed by atoms with Crippen molar-refractivity contribution >= 4 is 0 Å². The zero-order valence-electron chi connectivity index (χ0n) is 11.7. The van der Waals surface area contributed by atoms with Crippen molar-refractivity contribution in [2.75, 3.05) is 7.11 Å². The number of para-hydroxylation sites is 1. The van der Waals surface area contributed by atoms with E-state index >= 15 is 0 Å². The van der Waals surface area contributed by atoms with E-state index in [2.05, 4.69) is 35.2 Å². The van der Waals surface area contributed by atoms with Crippen molar-refractivity contribution in [3.8, 4) is 5.75 Å². The Morgan fingerprint density at radius 3 is 2.79 bits per heavy atom. The Morgan fingerprint density at radius 2 is 2.16 bits per heavy atom. The van der Waals surface area contributed by atoms with Crippen molar-refractivity contribution < 1.29 is 4.74 Å². The summed E-state index contributed by atoms with van der Waals surface area (Å²) in [7, 11) is 1.71. The van der Waals surface area contributed by atoms with Crippen LogP contribution in [0.4, 0.5) is 0 Å². The number of rotatable bonds is 6. The van der Waals surface area contributed by atoms with Gasteiger partial charge in [-0.25, -0.2) is 4.98 Å². The Morgan fingerprint density at radius 1 is 1.37 bits per heavy atom. The highest BCUT2D eigenvalue weighted by atomic mass is 16.5. The van der Waals surface area contributed by atoms with E-state index in [4.69, 9.17) is 4.74 Å². The number of aromatic nitrogens is 2. The van der Waals surface area contributed by atoms with E-state index in [1.807, 2.05) is 24.4 Å². The smallest absolute Gasteiger partial charge is 0.123 e. The summed E-state index contributed by atoms with van der Waals surface area (Å²) in [5, 5.41) is 3.59. The van der Waals surface area contributed by atoms with Crippen LogP contribution in [0.3, 0.4) is 0 Å². The highest BCUT2D eigenvalue weighted by Crippen LogP contribution is 2.28. The molecule has 19 heavy (non-hydrogen) atoms. The predicted molar refractivity (Wildman–Crippen MR) is 76.2 cm³/mol. The monoisotopic (exact) mass is 259 g/mol. The molecule has 0 fully saturated rings. The molecule has 1 aromatic heterocycles. The normalized spacial score (nSPS) is 14.1. The average Bonchev–Trinajstić information content (AvgIpc) is 2.98. The van der Waals surface area contributed by atoms with Crippen LogP contribution in [0.1, 0.15) is 43.7 Å². The second-order valence-corrected chi connectivity index (χ2v) is 4.57. The first kappa shape index (κ1) is 13.6. The second-order valence-electron chi connectivity index (χ2n) is 4.57. The average molecular weight is 259 g/mol. The van der Waals surface area contributed by atoms with E-state index in [0.717, 1.165) is 18.0 Å². The number of imidazole rings is 1. The van der Waals surface area contributed by atoms with Crippen molar-refractivity contribution in [2.45, 2.75) is 32.4 Å². The first-order valence-electron chi connectivity index (χ1n) is 6.64. The lowest BCUT2D eigenvalue weighted by atomic mass is 10.0. The maximum Gasteiger partial charge on any atom is 0.123 e. The predicted octanol–water partition coefficient (Wildman–Crippen LogP) is 3.22. The minimum Gasteiger partial charge on any atom is -0.496 e. The molecule has 0 saturated heterocycles. The van der Waals surface area contributed by atoms with Gasteiger partial charge in [0.1, 0.15) is 11.6 Å². The summed E-state index contributed by atoms with van der Waals surface area (Å²) < 4.78 is 5.44. The van der Waals surface area contributed by atoms with Gasteiger partial charge >= 0.3 is 0 Å². The van der Waals surface area contributed by atoms with E-state index < -0.39 is 0 Å². The first-order chi connectivity index (χ1) is 9.26. The third-order valence-electron chi connectivity index (χ3n) is 3.30. The molecule has 1 heterocycles. The molecular formula is C15H21N3O. The molecule has 2 aromatic rings. The van der Waals surface area contributed by atoms with Gasteiger partial charge in [0.25, 0.3) is 0 Å². The van der Waals surface area contributed by atoms with Gasteiger partial charge in [-0.2, -0.15) is 0 Å². The molecular weight excluding hydrogens is 238 g/mol. The van der Waals surface area contributed by atoms with Gasteiger partial charge in [-0.1, -0.05) is 25.1 Å². The minimum absolute atomic E-state index is 0.171. The number of hydrogen-bond donors (Lipinski definition) is 2. The molecule has 0 aliphatic heterocycles. The van der Waals surface area contributed by atoms with Crippen LogP contribution in [0, 0.1) is 0 Å². The standard InChI is InChI=1S/C15H21N3O/c1-4-13(12-7-5-6-8-14(12)19-3)18-11(2)15-16-9-10-17-15/h5-11,13,18H,4H2,1-3H3,(H,16,17). The number of hydrogen-bond acceptors (Lipinski definition) is 3. The lowest BCUT2D eigenvalue weighted by Crippen LogP contribution is -2.25. The summed E-state index contributed by atoms with van der Waals surface area (Å²) in [6.45, 7) is 4.27. The quantitative estimate of drug-likeness (QED) is 0.837. The van der Waals surface area contributed by atoms with Crippen LogP contribution in [-0.4, -0.2) is 17.1 Å². The molecule has 2 rings (SSSR count). The van der Waals surface area contributed by atoms with Gasteiger partial charge in [-0.05, 0) is 19.4 Å². The number of methoxy groups -OCH3 is 1. The third kappa shape index (κ3) is 3.15. The Hall–Kier alpha value is -1.81. The van der Waals surface area contributed by atoms with Crippen LogP contribution in [0.5, 0.6) is 5.75 Å². The molecule has 0 spiro atoms. The SMILES string of the molecule is CCC(NC(C)c1ncc[nH]1)c1ccccc1OC. The fraction of sp³-hybridized carbons (Fsp3) is 0.400. The maximum atomic E-state index is 5.44. The molecule has 0 radical (unpaired) electrons. The lowest BCUT2D eigenvalue weighted by molar-refractivity contribution is 0.386. The molecule has 0 aliphatic carbocycles. The van der Waals surface area contributed by atoms with Gasteiger partial charge in [0.2, 0.25) is 0 Å². The molecule has 4 heteroatoms. The summed E-state index contributed by atoms with van der Waals surface area (Å²) in [5.41, 5.74) is 1.19. The van der Waals surface area contributed by atoms with E-state index in [0.29, 0.717) is 0 Å². The van der Waals surface area contributed by atoms with Crippen LogP contribution in [0.15, 0.2) is 36.7 Å². The maximum absolute atomic E-state index is 5.44. The number of nitrogens with zero attached hydrogens (tertiary/aromatic N) is 1. The Labute approximate surface area is 114 Å². The fourth-order valence-electron chi connectivity index (χ4n) is 2.28. The molecule has 0 amide bonds. The van der Waals surface area contributed by atoms with Gasteiger partial charge in [-0.3, -0.25) is 0 Å². The van der Waals surface area contributed by atoms with E-state index in [9.17, 15) is 0 Å². The van der Waals surface area contributed by atoms with Gasteiger partial charge in [0.15, 0.2) is 0 Å². The topological polar surface area (TPSA) is 49.9 Å². The van der Waals surface area contributed by atoms with Crippen LogP contribution in [0.2, 0.25) is 0 Å². The number of nitrogens with one attached hydrogen (secondary N) is 2. The molecule has 1 aromatic carbocycles. The second kappa shape index (κ2) is 6.38. The zero-order chi connectivity index (χ0) is 13.7. The van der Waals surface area contributed by atoms with Crippen molar-refractivity contribution in [1.82, 2.24) is 15.3 Å².